The number of carbonyl (C=O) groups is 1. The van der Waals surface area contributed by atoms with Crippen LogP contribution >= 0.6 is 11.6 Å². The number of rotatable bonds is 4. The quantitative estimate of drug-likeness (QED) is 0.920. The largest absolute Gasteiger partial charge is 0.366 e. The highest BCUT2D eigenvalue weighted by atomic mass is 35.5. The minimum absolute atomic E-state index is 0.241. The average molecular weight is 282 g/mol. The molecule has 1 aliphatic carbocycles. The summed E-state index contributed by atoms with van der Waals surface area (Å²) >= 11 is 6.27. The molecule has 0 bridgehead atoms. The van der Waals surface area contributed by atoms with Gasteiger partial charge in [-0.1, -0.05) is 18.5 Å². The standard InChI is InChI=1S/C14H20ClN3O/c1-3-12-13(15)14(17-8-16-12)18-11-6-4-10(5-7-11)9(2)19/h8,10-11H,3-7H2,1-2H3,(H,16,17,18). The first kappa shape index (κ1) is 14.3. The van der Waals surface area contributed by atoms with Crippen molar-refractivity contribution in [3.05, 3.63) is 17.0 Å². The summed E-state index contributed by atoms with van der Waals surface area (Å²) in [6.07, 6.45) is 6.24. The van der Waals surface area contributed by atoms with Gasteiger partial charge in [0.15, 0.2) is 0 Å². The van der Waals surface area contributed by atoms with Gasteiger partial charge < -0.3 is 5.32 Å². The normalized spacial score (nSPS) is 23.1. The van der Waals surface area contributed by atoms with Gasteiger partial charge in [-0.15, -0.1) is 0 Å². The van der Waals surface area contributed by atoms with Gasteiger partial charge in [0, 0.05) is 12.0 Å². The molecule has 1 aromatic rings. The highest BCUT2D eigenvalue weighted by Gasteiger charge is 2.24. The van der Waals surface area contributed by atoms with E-state index in [1.807, 2.05) is 6.92 Å². The monoisotopic (exact) mass is 281 g/mol. The summed E-state index contributed by atoms with van der Waals surface area (Å²) in [6, 6.07) is 0.354. The number of nitrogens with zero attached hydrogens (tertiary/aromatic N) is 2. The van der Waals surface area contributed by atoms with Crippen molar-refractivity contribution in [2.45, 2.75) is 52.0 Å². The molecule has 0 radical (unpaired) electrons. The lowest BCUT2D eigenvalue weighted by molar-refractivity contribution is -0.121. The number of Topliss-reactive ketones (excluding diaryl/α,β-unsaturated/α-hetero) is 1. The number of hydrogen-bond donors (Lipinski definition) is 1. The van der Waals surface area contributed by atoms with Gasteiger partial charge >= 0.3 is 0 Å². The summed E-state index contributed by atoms with van der Waals surface area (Å²) in [5.41, 5.74) is 0.872. The first-order valence-electron chi connectivity index (χ1n) is 6.88. The van der Waals surface area contributed by atoms with Gasteiger partial charge in [0.05, 0.1) is 5.69 Å². The molecule has 1 N–H and O–H groups in total. The number of aryl methyl sites for hydroxylation is 1. The van der Waals surface area contributed by atoms with Crippen molar-refractivity contribution in [1.29, 1.82) is 0 Å². The molecule has 1 aromatic heterocycles. The molecule has 19 heavy (non-hydrogen) atoms. The van der Waals surface area contributed by atoms with E-state index in [0.29, 0.717) is 16.8 Å². The fourth-order valence-corrected chi connectivity index (χ4v) is 2.88. The second kappa shape index (κ2) is 6.33. The van der Waals surface area contributed by atoms with Crippen molar-refractivity contribution in [2.75, 3.05) is 5.32 Å². The molecule has 1 aliphatic rings. The molecule has 1 fully saturated rings. The summed E-state index contributed by atoms with van der Waals surface area (Å²) < 4.78 is 0. The highest BCUT2D eigenvalue weighted by molar-refractivity contribution is 6.33. The molecule has 0 amide bonds. The van der Waals surface area contributed by atoms with E-state index < -0.39 is 0 Å². The van der Waals surface area contributed by atoms with Crippen molar-refractivity contribution in [3.63, 3.8) is 0 Å². The van der Waals surface area contributed by atoms with E-state index in [-0.39, 0.29) is 5.92 Å². The minimum atomic E-state index is 0.241. The van der Waals surface area contributed by atoms with E-state index in [1.165, 1.54) is 0 Å². The number of halogens is 1. The van der Waals surface area contributed by atoms with Crippen LogP contribution in [0.4, 0.5) is 5.82 Å². The van der Waals surface area contributed by atoms with Gasteiger partial charge in [-0.2, -0.15) is 0 Å². The molecule has 0 saturated heterocycles. The Morgan fingerprint density at radius 3 is 2.63 bits per heavy atom. The van der Waals surface area contributed by atoms with E-state index in [1.54, 1.807) is 13.3 Å². The van der Waals surface area contributed by atoms with Crippen molar-refractivity contribution in [2.24, 2.45) is 5.92 Å². The van der Waals surface area contributed by atoms with Crippen LogP contribution in [0.1, 0.15) is 45.2 Å². The van der Waals surface area contributed by atoms with Crippen molar-refractivity contribution >= 4 is 23.2 Å². The maximum atomic E-state index is 11.3. The molecular weight excluding hydrogens is 262 g/mol. The predicted molar refractivity (Wildman–Crippen MR) is 76.5 cm³/mol. The summed E-state index contributed by atoms with van der Waals surface area (Å²) in [4.78, 5) is 19.7. The number of aromatic nitrogens is 2. The molecule has 1 saturated carbocycles. The molecular formula is C14H20ClN3O. The van der Waals surface area contributed by atoms with E-state index in [9.17, 15) is 4.79 Å². The maximum absolute atomic E-state index is 11.3. The molecule has 1 heterocycles. The van der Waals surface area contributed by atoms with Gasteiger partial charge in [0.25, 0.3) is 0 Å². The Labute approximate surface area is 119 Å². The lowest BCUT2D eigenvalue weighted by Crippen LogP contribution is -2.29. The zero-order valence-electron chi connectivity index (χ0n) is 11.4. The molecule has 104 valence electrons. The Kier molecular flexibility index (Phi) is 4.75. The van der Waals surface area contributed by atoms with Crippen LogP contribution in [0.25, 0.3) is 0 Å². The zero-order chi connectivity index (χ0) is 13.8. The average Bonchev–Trinajstić information content (AvgIpc) is 2.42. The smallest absolute Gasteiger partial charge is 0.148 e. The van der Waals surface area contributed by atoms with E-state index >= 15 is 0 Å². The molecule has 2 rings (SSSR count). The SMILES string of the molecule is CCc1ncnc(NC2CCC(C(C)=O)CC2)c1Cl. The predicted octanol–water partition coefficient (Wildman–Crippen LogP) is 3.25. The third-order valence-corrected chi connectivity index (χ3v) is 4.24. The van der Waals surface area contributed by atoms with Crippen LogP contribution in [-0.4, -0.2) is 21.8 Å². The molecule has 0 spiro atoms. The molecule has 0 aromatic carbocycles. The highest BCUT2D eigenvalue weighted by Crippen LogP contribution is 2.29. The van der Waals surface area contributed by atoms with Gasteiger partial charge in [-0.25, -0.2) is 9.97 Å². The Bertz CT molecular complexity index is 456. The van der Waals surface area contributed by atoms with Gasteiger partial charge in [-0.3, -0.25) is 4.79 Å². The van der Waals surface area contributed by atoms with Gasteiger partial charge in [-0.05, 0) is 39.0 Å². The number of anilines is 1. The summed E-state index contributed by atoms with van der Waals surface area (Å²) in [5, 5.41) is 4.01. The van der Waals surface area contributed by atoms with Crippen molar-refractivity contribution in [1.82, 2.24) is 9.97 Å². The van der Waals surface area contributed by atoms with E-state index in [4.69, 9.17) is 11.6 Å². The van der Waals surface area contributed by atoms with Gasteiger partial charge in [0.1, 0.15) is 23.0 Å². The Hall–Kier alpha value is -1.16. The third kappa shape index (κ3) is 3.44. The summed E-state index contributed by atoms with van der Waals surface area (Å²) in [5.74, 6) is 1.27. The summed E-state index contributed by atoms with van der Waals surface area (Å²) in [7, 11) is 0. The Balaban J connectivity index is 1.98. The molecule has 5 heteroatoms. The molecule has 0 atom stereocenters. The van der Waals surface area contributed by atoms with Crippen LogP contribution in [0.15, 0.2) is 6.33 Å². The number of ketones is 1. The Morgan fingerprint density at radius 2 is 2.05 bits per heavy atom. The Morgan fingerprint density at radius 1 is 1.37 bits per heavy atom. The van der Waals surface area contributed by atoms with E-state index in [0.717, 1.165) is 43.6 Å². The van der Waals surface area contributed by atoms with Crippen molar-refractivity contribution < 1.29 is 4.79 Å². The lowest BCUT2D eigenvalue weighted by atomic mass is 9.84. The fourth-order valence-electron chi connectivity index (χ4n) is 2.59. The molecule has 0 unspecified atom stereocenters. The molecule has 0 aliphatic heterocycles. The topological polar surface area (TPSA) is 54.9 Å². The van der Waals surface area contributed by atoms with E-state index in [2.05, 4.69) is 15.3 Å². The molecule has 4 nitrogen and oxygen atoms in total. The number of carbonyl (C=O) groups excluding carboxylic acids is 1. The minimum Gasteiger partial charge on any atom is -0.366 e. The first-order valence-corrected chi connectivity index (χ1v) is 7.26. The lowest BCUT2D eigenvalue weighted by Gasteiger charge is -2.28. The fraction of sp³-hybridized carbons (Fsp3) is 0.643. The first-order chi connectivity index (χ1) is 9.11. The van der Waals surface area contributed by atoms with Crippen LogP contribution in [0.5, 0.6) is 0 Å². The third-order valence-electron chi connectivity index (χ3n) is 3.84. The van der Waals surface area contributed by atoms with Crippen LogP contribution in [0.3, 0.4) is 0 Å². The van der Waals surface area contributed by atoms with Crippen LogP contribution in [-0.2, 0) is 11.2 Å². The van der Waals surface area contributed by atoms with Crippen LogP contribution in [0, 0.1) is 5.92 Å². The van der Waals surface area contributed by atoms with Crippen molar-refractivity contribution in [3.8, 4) is 0 Å². The summed E-state index contributed by atoms with van der Waals surface area (Å²) in [6.45, 7) is 3.71. The van der Waals surface area contributed by atoms with Crippen LogP contribution < -0.4 is 5.32 Å². The zero-order valence-corrected chi connectivity index (χ0v) is 12.2. The number of nitrogens with one attached hydrogen (secondary N) is 1. The van der Waals surface area contributed by atoms with Gasteiger partial charge in [0.2, 0.25) is 0 Å². The second-order valence-corrected chi connectivity index (χ2v) is 5.52. The van der Waals surface area contributed by atoms with Crippen LogP contribution in [0.2, 0.25) is 5.02 Å². The number of hydrogen-bond acceptors (Lipinski definition) is 4. The maximum Gasteiger partial charge on any atom is 0.148 e. The second-order valence-electron chi connectivity index (χ2n) is 5.14.